The molecule has 0 unspecified atom stereocenters. The highest BCUT2D eigenvalue weighted by atomic mass is 35.5. The zero-order chi connectivity index (χ0) is 23.3. The molecule has 1 aromatic carbocycles. The zero-order valence-corrected chi connectivity index (χ0v) is 21.7. The maximum atomic E-state index is 11.3. The van der Waals surface area contributed by atoms with Crippen LogP contribution in [-0.2, 0) is 25.3 Å². The molecule has 0 spiro atoms. The Morgan fingerprint density at radius 2 is 1.68 bits per heavy atom. The van der Waals surface area contributed by atoms with Crippen molar-refractivity contribution in [3.63, 3.8) is 0 Å². The van der Waals surface area contributed by atoms with Gasteiger partial charge in [0.1, 0.15) is 5.75 Å². The largest absolute Gasteiger partial charge is 0.497 e. The van der Waals surface area contributed by atoms with Gasteiger partial charge in [-0.3, -0.25) is 0 Å². The van der Waals surface area contributed by atoms with Gasteiger partial charge in [0.2, 0.25) is 0 Å². The Morgan fingerprint density at radius 1 is 1.06 bits per heavy atom. The molecular weight excluding hydrogens is 455 g/mol. The normalized spacial score (nSPS) is 14.9. The Labute approximate surface area is 198 Å². The molecule has 3 atom stereocenters. The lowest BCUT2D eigenvalue weighted by atomic mass is 10.1. The Balaban J connectivity index is 2.81. The van der Waals surface area contributed by atoms with Crippen LogP contribution in [0.15, 0.2) is 36.4 Å². The Kier molecular flexibility index (Phi) is 13.5. The molecule has 0 N–H and O–H groups in total. The second-order valence-corrected chi connectivity index (χ2v) is 13.3. The van der Waals surface area contributed by atoms with Gasteiger partial charge in [-0.1, -0.05) is 39.0 Å². The average molecular weight is 492 g/mol. The average Bonchev–Trinajstić information content (AvgIpc) is 2.80. The fourth-order valence-electron chi connectivity index (χ4n) is 3.24. The van der Waals surface area contributed by atoms with Crippen molar-refractivity contribution in [2.24, 2.45) is 0 Å². The van der Waals surface area contributed by atoms with E-state index in [0.717, 1.165) is 29.4 Å². The lowest BCUT2D eigenvalue weighted by molar-refractivity contribution is -0.134. The molecule has 176 valence electrons. The van der Waals surface area contributed by atoms with Crippen LogP contribution in [0.25, 0.3) is 0 Å². The standard InChI is InChI=1S/C23H36Cl2O5Si/c1-6-31(7-2,8-3)30-22(21(25)15-19(24)11-14-23(26)28-5)17-29-16-18-9-12-20(27-4)13-10-18/h9-14,19,21-22H,6-8,15-17H2,1-5H3/b14-11+/t19-,21+,22+/m0/s1. The quantitative estimate of drug-likeness (QED) is 0.132. The van der Waals surface area contributed by atoms with E-state index in [1.807, 2.05) is 24.3 Å². The second-order valence-electron chi connectivity index (χ2n) is 7.41. The topological polar surface area (TPSA) is 54.0 Å². The molecule has 0 heterocycles. The van der Waals surface area contributed by atoms with Crippen LogP contribution in [0, 0.1) is 0 Å². The maximum Gasteiger partial charge on any atom is 0.330 e. The highest BCUT2D eigenvalue weighted by molar-refractivity contribution is 6.73. The van der Waals surface area contributed by atoms with Gasteiger partial charge in [-0.05, 0) is 42.2 Å². The summed E-state index contributed by atoms with van der Waals surface area (Å²) >= 11 is 13.1. The number of carbonyl (C=O) groups is 1. The SMILES string of the molecule is CC[Si](CC)(CC)O[C@H](COCc1ccc(OC)cc1)[C@H](Cl)C[C@@H](Cl)/C=C/C(=O)OC. The number of benzene rings is 1. The molecule has 1 aromatic rings. The third-order valence-corrected chi connectivity index (χ3v) is 11.0. The van der Waals surface area contributed by atoms with Crippen LogP contribution in [0.3, 0.4) is 0 Å². The van der Waals surface area contributed by atoms with E-state index < -0.39 is 19.7 Å². The van der Waals surface area contributed by atoms with Gasteiger partial charge in [0.15, 0.2) is 8.32 Å². The summed E-state index contributed by atoms with van der Waals surface area (Å²) in [7, 11) is 1.08. The summed E-state index contributed by atoms with van der Waals surface area (Å²) in [4.78, 5) is 11.3. The minimum atomic E-state index is -1.89. The van der Waals surface area contributed by atoms with Crippen molar-refractivity contribution in [3.05, 3.63) is 42.0 Å². The number of hydrogen-bond donors (Lipinski definition) is 0. The first-order valence-electron chi connectivity index (χ1n) is 10.8. The monoisotopic (exact) mass is 490 g/mol. The van der Waals surface area contributed by atoms with Crippen molar-refractivity contribution in [1.82, 2.24) is 0 Å². The minimum absolute atomic E-state index is 0.279. The van der Waals surface area contributed by atoms with E-state index >= 15 is 0 Å². The smallest absolute Gasteiger partial charge is 0.330 e. The van der Waals surface area contributed by atoms with Gasteiger partial charge in [0.05, 0.1) is 44.3 Å². The fourth-order valence-corrected chi connectivity index (χ4v) is 6.88. The molecule has 0 radical (unpaired) electrons. The minimum Gasteiger partial charge on any atom is -0.497 e. The van der Waals surface area contributed by atoms with Crippen molar-refractivity contribution < 1.29 is 23.4 Å². The van der Waals surface area contributed by atoms with Crippen molar-refractivity contribution in [3.8, 4) is 5.75 Å². The Morgan fingerprint density at radius 3 is 2.19 bits per heavy atom. The van der Waals surface area contributed by atoms with Crippen LogP contribution in [0.1, 0.15) is 32.8 Å². The molecule has 0 saturated heterocycles. The van der Waals surface area contributed by atoms with Gasteiger partial charge in [-0.2, -0.15) is 0 Å². The number of ether oxygens (including phenoxy) is 3. The summed E-state index contributed by atoms with van der Waals surface area (Å²) in [5.74, 6) is 0.366. The van der Waals surface area contributed by atoms with Crippen molar-refractivity contribution in [2.75, 3.05) is 20.8 Å². The highest BCUT2D eigenvalue weighted by Crippen LogP contribution is 2.28. The molecule has 0 aliphatic carbocycles. The first-order valence-corrected chi connectivity index (χ1v) is 14.2. The molecule has 0 saturated carbocycles. The summed E-state index contributed by atoms with van der Waals surface area (Å²) in [6.07, 6.45) is 3.09. The van der Waals surface area contributed by atoms with E-state index in [9.17, 15) is 4.79 Å². The lowest BCUT2D eigenvalue weighted by Gasteiger charge is -2.35. The second kappa shape index (κ2) is 14.9. The van der Waals surface area contributed by atoms with E-state index in [-0.39, 0.29) is 11.5 Å². The van der Waals surface area contributed by atoms with Gasteiger partial charge in [0.25, 0.3) is 0 Å². The summed E-state index contributed by atoms with van der Waals surface area (Å²) in [6.45, 7) is 7.38. The van der Waals surface area contributed by atoms with Gasteiger partial charge in [-0.25, -0.2) is 4.79 Å². The summed E-state index contributed by atoms with van der Waals surface area (Å²) in [6, 6.07) is 10.8. The van der Waals surface area contributed by atoms with E-state index in [4.69, 9.17) is 37.1 Å². The number of halogens is 2. The molecule has 0 fully saturated rings. The summed E-state index contributed by atoms with van der Waals surface area (Å²) in [5.41, 5.74) is 1.05. The number of alkyl halides is 2. The highest BCUT2D eigenvalue weighted by Gasteiger charge is 2.35. The molecule has 0 bridgehead atoms. The number of esters is 1. The third-order valence-electron chi connectivity index (χ3n) is 5.54. The van der Waals surface area contributed by atoms with Crippen LogP contribution in [0.2, 0.25) is 18.1 Å². The Hall–Kier alpha value is -1.05. The van der Waals surface area contributed by atoms with Crippen LogP contribution >= 0.6 is 23.2 Å². The predicted octanol–water partition coefficient (Wildman–Crippen LogP) is 5.94. The van der Waals surface area contributed by atoms with Crippen LogP contribution < -0.4 is 4.74 Å². The van der Waals surface area contributed by atoms with E-state index in [1.54, 1.807) is 13.2 Å². The van der Waals surface area contributed by atoms with Crippen LogP contribution in [0.4, 0.5) is 0 Å². The number of rotatable bonds is 15. The fraction of sp³-hybridized carbons (Fsp3) is 0.609. The number of allylic oxidation sites excluding steroid dienone is 1. The van der Waals surface area contributed by atoms with E-state index in [0.29, 0.717) is 19.6 Å². The molecule has 0 aliphatic rings. The first-order chi connectivity index (χ1) is 14.8. The molecule has 0 aromatic heterocycles. The van der Waals surface area contributed by atoms with Crippen LogP contribution in [0.5, 0.6) is 5.75 Å². The Bertz CT molecular complexity index is 656. The van der Waals surface area contributed by atoms with Crippen molar-refractivity contribution >= 4 is 37.5 Å². The van der Waals surface area contributed by atoms with E-state index in [2.05, 4.69) is 25.5 Å². The molecule has 1 rings (SSSR count). The third kappa shape index (κ3) is 9.96. The zero-order valence-electron chi connectivity index (χ0n) is 19.2. The van der Waals surface area contributed by atoms with Crippen molar-refractivity contribution in [2.45, 2.75) is 68.8 Å². The molecule has 5 nitrogen and oxygen atoms in total. The van der Waals surface area contributed by atoms with Crippen LogP contribution in [-0.4, -0.2) is 52.0 Å². The number of hydrogen-bond acceptors (Lipinski definition) is 5. The summed E-state index contributed by atoms with van der Waals surface area (Å²) in [5, 5.41) is -0.757. The molecular formula is C23H36Cl2O5Si. The van der Waals surface area contributed by atoms with Gasteiger partial charge < -0.3 is 18.6 Å². The number of carbonyl (C=O) groups excluding carboxylic acids is 1. The molecule has 31 heavy (non-hydrogen) atoms. The predicted molar refractivity (Wildman–Crippen MR) is 130 cm³/mol. The molecule has 0 amide bonds. The van der Waals surface area contributed by atoms with E-state index in [1.165, 1.54) is 13.2 Å². The number of methoxy groups -OCH3 is 2. The van der Waals surface area contributed by atoms with Gasteiger partial charge in [-0.15, -0.1) is 23.2 Å². The molecule has 0 aliphatic heterocycles. The maximum absolute atomic E-state index is 11.3. The van der Waals surface area contributed by atoms with Crippen molar-refractivity contribution in [1.29, 1.82) is 0 Å². The summed E-state index contributed by atoms with van der Waals surface area (Å²) < 4.78 is 22.4. The van der Waals surface area contributed by atoms with Gasteiger partial charge >= 0.3 is 5.97 Å². The van der Waals surface area contributed by atoms with Gasteiger partial charge in [0, 0.05) is 6.08 Å². The molecule has 8 heteroatoms. The first kappa shape index (κ1) is 28.0. The lowest BCUT2D eigenvalue weighted by Crippen LogP contribution is -2.45.